The second-order valence-corrected chi connectivity index (χ2v) is 6.12. The van der Waals surface area contributed by atoms with E-state index in [9.17, 15) is 9.59 Å². The van der Waals surface area contributed by atoms with Gasteiger partial charge in [-0.25, -0.2) is 0 Å². The average Bonchev–Trinajstić information content (AvgIpc) is 2.71. The molecular weight excluding hydrogens is 282 g/mol. The van der Waals surface area contributed by atoms with Crippen LogP contribution in [0.3, 0.4) is 0 Å². The number of aromatic nitrogens is 2. The molecule has 0 saturated carbocycles. The lowest BCUT2D eigenvalue weighted by molar-refractivity contribution is -0.139. The van der Waals surface area contributed by atoms with Crippen molar-refractivity contribution in [3.05, 3.63) is 17.0 Å². The van der Waals surface area contributed by atoms with Crippen molar-refractivity contribution < 1.29 is 14.7 Å². The van der Waals surface area contributed by atoms with Crippen LogP contribution in [0.15, 0.2) is 0 Å². The van der Waals surface area contributed by atoms with Gasteiger partial charge in [-0.1, -0.05) is 0 Å². The number of likely N-dealkylation sites (tertiary alicyclic amines) is 1. The van der Waals surface area contributed by atoms with Gasteiger partial charge >= 0.3 is 5.97 Å². The number of hydrogen-bond acceptors (Lipinski definition) is 3. The summed E-state index contributed by atoms with van der Waals surface area (Å²) in [5, 5.41) is 13.2. The van der Waals surface area contributed by atoms with Gasteiger partial charge in [0.2, 0.25) is 5.91 Å². The zero-order valence-electron chi connectivity index (χ0n) is 13.6. The maximum absolute atomic E-state index is 12.7. The lowest BCUT2D eigenvalue weighted by Gasteiger charge is -2.35. The summed E-state index contributed by atoms with van der Waals surface area (Å²) >= 11 is 0. The van der Waals surface area contributed by atoms with Gasteiger partial charge in [0.1, 0.15) is 0 Å². The molecule has 0 radical (unpaired) electrons. The molecule has 2 heterocycles. The van der Waals surface area contributed by atoms with Crippen LogP contribution in [0.1, 0.15) is 49.1 Å². The van der Waals surface area contributed by atoms with Crippen LogP contribution in [0.4, 0.5) is 0 Å². The van der Waals surface area contributed by atoms with Gasteiger partial charge in [0.25, 0.3) is 0 Å². The number of carbonyl (C=O) groups excluding carboxylic acids is 1. The maximum Gasteiger partial charge on any atom is 0.303 e. The number of carboxylic acid groups (broad SMARTS) is 1. The van der Waals surface area contributed by atoms with Crippen LogP contribution >= 0.6 is 0 Å². The number of rotatable bonds is 5. The Morgan fingerprint density at radius 1 is 1.32 bits per heavy atom. The standard InChI is InChI=1S/C16H25N3O3/c1-11-14(12(2)18(3)17-11)10-15(20)19-9-5-4-6-13(19)7-8-16(21)22/h13H,4-10H2,1-3H3,(H,21,22)/t13-/m0/s1. The predicted octanol–water partition coefficient (Wildman–Crippen LogP) is 1.83. The lowest BCUT2D eigenvalue weighted by atomic mass is 9.96. The summed E-state index contributed by atoms with van der Waals surface area (Å²) in [6, 6.07) is 0.0645. The minimum Gasteiger partial charge on any atom is -0.481 e. The Labute approximate surface area is 131 Å². The van der Waals surface area contributed by atoms with Crippen molar-refractivity contribution in [2.75, 3.05) is 6.54 Å². The molecule has 0 spiro atoms. The monoisotopic (exact) mass is 307 g/mol. The fourth-order valence-corrected chi connectivity index (χ4v) is 3.25. The molecule has 1 atom stereocenters. The van der Waals surface area contributed by atoms with Gasteiger partial charge in [-0.15, -0.1) is 0 Å². The van der Waals surface area contributed by atoms with Gasteiger partial charge in [-0.3, -0.25) is 14.3 Å². The zero-order valence-corrected chi connectivity index (χ0v) is 13.6. The van der Waals surface area contributed by atoms with Crippen molar-refractivity contribution in [2.24, 2.45) is 7.05 Å². The van der Waals surface area contributed by atoms with Crippen LogP contribution in [0.5, 0.6) is 0 Å². The van der Waals surface area contributed by atoms with E-state index in [1.165, 1.54) is 0 Å². The molecule has 1 aromatic heterocycles. The first-order chi connectivity index (χ1) is 10.4. The molecule has 0 aliphatic carbocycles. The first kappa shape index (κ1) is 16.5. The highest BCUT2D eigenvalue weighted by atomic mass is 16.4. The molecule has 6 heteroatoms. The molecule has 1 N–H and O–H groups in total. The molecule has 0 aromatic carbocycles. The average molecular weight is 307 g/mol. The van der Waals surface area contributed by atoms with E-state index in [1.807, 2.05) is 25.8 Å². The first-order valence-corrected chi connectivity index (χ1v) is 7.90. The minimum absolute atomic E-state index is 0.0645. The Morgan fingerprint density at radius 2 is 2.05 bits per heavy atom. The number of amides is 1. The van der Waals surface area contributed by atoms with Gasteiger partial charge in [0.15, 0.2) is 0 Å². The molecule has 2 rings (SSSR count). The van der Waals surface area contributed by atoms with Gasteiger partial charge in [-0.05, 0) is 39.5 Å². The lowest BCUT2D eigenvalue weighted by Crippen LogP contribution is -2.44. The second kappa shape index (κ2) is 6.94. The number of nitrogens with zero attached hydrogens (tertiary/aromatic N) is 3. The van der Waals surface area contributed by atoms with E-state index in [0.29, 0.717) is 12.8 Å². The van der Waals surface area contributed by atoms with Crippen molar-refractivity contribution in [1.82, 2.24) is 14.7 Å². The molecule has 0 unspecified atom stereocenters. The number of carboxylic acids is 1. The summed E-state index contributed by atoms with van der Waals surface area (Å²) in [5.41, 5.74) is 2.91. The molecule has 1 aliphatic rings. The third kappa shape index (κ3) is 3.67. The smallest absolute Gasteiger partial charge is 0.303 e. The van der Waals surface area contributed by atoms with Crippen LogP contribution in [-0.4, -0.2) is 44.3 Å². The van der Waals surface area contributed by atoms with Crippen LogP contribution in [0.2, 0.25) is 0 Å². The van der Waals surface area contributed by atoms with Crippen LogP contribution < -0.4 is 0 Å². The van der Waals surface area contributed by atoms with Gasteiger partial charge in [0, 0.05) is 37.3 Å². The van der Waals surface area contributed by atoms with Crippen molar-refractivity contribution in [3.63, 3.8) is 0 Å². The second-order valence-electron chi connectivity index (χ2n) is 6.12. The SMILES string of the molecule is Cc1nn(C)c(C)c1CC(=O)N1CCCC[C@H]1CCC(=O)O. The highest BCUT2D eigenvalue weighted by Gasteiger charge is 2.28. The molecule has 122 valence electrons. The Morgan fingerprint density at radius 3 is 2.64 bits per heavy atom. The quantitative estimate of drug-likeness (QED) is 0.900. The molecule has 1 aliphatic heterocycles. The zero-order chi connectivity index (χ0) is 16.3. The summed E-state index contributed by atoms with van der Waals surface area (Å²) in [6.07, 6.45) is 4.00. The van der Waals surface area contributed by atoms with Crippen LogP contribution in [0, 0.1) is 13.8 Å². The van der Waals surface area contributed by atoms with Crippen molar-refractivity contribution in [2.45, 2.75) is 58.4 Å². The van der Waals surface area contributed by atoms with Gasteiger partial charge < -0.3 is 10.0 Å². The normalized spacial score (nSPS) is 18.5. The number of aryl methyl sites for hydroxylation is 2. The maximum atomic E-state index is 12.7. The van der Waals surface area contributed by atoms with Crippen molar-refractivity contribution in [3.8, 4) is 0 Å². The van der Waals surface area contributed by atoms with E-state index >= 15 is 0 Å². The van der Waals surface area contributed by atoms with Gasteiger partial charge in [0.05, 0.1) is 12.1 Å². The third-order valence-electron chi connectivity index (χ3n) is 4.63. The molecule has 1 fully saturated rings. The highest BCUT2D eigenvalue weighted by Crippen LogP contribution is 2.23. The van der Waals surface area contributed by atoms with E-state index in [0.717, 1.165) is 42.8 Å². The first-order valence-electron chi connectivity index (χ1n) is 7.90. The molecule has 0 bridgehead atoms. The van der Waals surface area contributed by atoms with E-state index < -0.39 is 5.97 Å². The number of carbonyl (C=O) groups is 2. The topological polar surface area (TPSA) is 75.4 Å². The predicted molar refractivity (Wildman–Crippen MR) is 82.6 cm³/mol. The van der Waals surface area contributed by atoms with Crippen LogP contribution in [-0.2, 0) is 23.1 Å². The number of hydrogen-bond donors (Lipinski definition) is 1. The van der Waals surface area contributed by atoms with E-state index in [1.54, 1.807) is 4.68 Å². The largest absolute Gasteiger partial charge is 0.481 e. The summed E-state index contributed by atoms with van der Waals surface area (Å²) in [7, 11) is 1.88. The van der Waals surface area contributed by atoms with E-state index in [4.69, 9.17) is 5.11 Å². The molecule has 1 amide bonds. The van der Waals surface area contributed by atoms with E-state index in [2.05, 4.69) is 5.10 Å². The summed E-state index contributed by atoms with van der Waals surface area (Å²) in [5.74, 6) is -0.703. The molecule has 6 nitrogen and oxygen atoms in total. The Hall–Kier alpha value is -1.85. The summed E-state index contributed by atoms with van der Waals surface area (Å²) < 4.78 is 1.80. The van der Waals surface area contributed by atoms with E-state index in [-0.39, 0.29) is 18.4 Å². The summed E-state index contributed by atoms with van der Waals surface area (Å²) in [6.45, 7) is 4.63. The molecule has 1 aromatic rings. The third-order valence-corrected chi connectivity index (χ3v) is 4.63. The van der Waals surface area contributed by atoms with Crippen LogP contribution in [0.25, 0.3) is 0 Å². The Balaban J connectivity index is 2.07. The minimum atomic E-state index is -0.795. The highest BCUT2D eigenvalue weighted by molar-refractivity contribution is 5.79. The van der Waals surface area contributed by atoms with Gasteiger partial charge in [-0.2, -0.15) is 5.10 Å². The molecule has 22 heavy (non-hydrogen) atoms. The molecular formula is C16H25N3O3. The molecule has 1 saturated heterocycles. The fraction of sp³-hybridized carbons (Fsp3) is 0.688. The summed E-state index contributed by atoms with van der Waals surface area (Å²) in [4.78, 5) is 25.4. The van der Waals surface area contributed by atoms with Crippen molar-refractivity contribution >= 4 is 11.9 Å². The Kier molecular flexibility index (Phi) is 5.21. The number of aliphatic carboxylic acids is 1. The number of piperidine rings is 1. The fourth-order valence-electron chi connectivity index (χ4n) is 3.25. The van der Waals surface area contributed by atoms with Crippen molar-refractivity contribution in [1.29, 1.82) is 0 Å². The Bertz CT molecular complexity index is 565.